The number of aromatic nitrogens is 1. The van der Waals surface area contributed by atoms with Gasteiger partial charge in [-0.05, 0) is 42.8 Å². The zero-order valence-corrected chi connectivity index (χ0v) is 12.1. The van der Waals surface area contributed by atoms with Crippen LogP contribution in [0.3, 0.4) is 0 Å². The Labute approximate surface area is 119 Å². The fourth-order valence-corrected chi connectivity index (χ4v) is 2.53. The van der Waals surface area contributed by atoms with Crippen LogP contribution in [0.2, 0.25) is 0 Å². The summed E-state index contributed by atoms with van der Waals surface area (Å²) >= 11 is 0. The van der Waals surface area contributed by atoms with Gasteiger partial charge in [0.2, 0.25) is 0 Å². The highest BCUT2D eigenvalue weighted by molar-refractivity contribution is 5.89. The quantitative estimate of drug-likeness (QED) is 0.740. The minimum absolute atomic E-state index is 1.12. The van der Waals surface area contributed by atoms with E-state index in [1.165, 1.54) is 22.2 Å². The number of H-pyrrole nitrogens is 1. The number of anilines is 3. The normalized spacial score (nSPS) is 10.8. The standard InChI is InChI=1S/C17H19N3/c1-12-13-10-11-18-15(13)9-8-14(12)19-16-6-4-5-7-17(16)20(2)3/h4-11,18-19H,1-3H3. The number of aromatic amines is 1. The molecule has 0 unspecified atom stereocenters. The summed E-state index contributed by atoms with van der Waals surface area (Å²) in [5.41, 5.74) is 5.88. The van der Waals surface area contributed by atoms with Crippen LogP contribution < -0.4 is 10.2 Å². The summed E-state index contributed by atoms with van der Waals surface area (Å²) in [7, 11) is 4.12. The summed E-state index contributed by atoms with van der Waals surface area (Å²) < 4.78 is 0. The molecule has 0 amide bonds. The van der Waals surface area contributed by atoms with E-state index in [0.29, 0.717) is 0 Å². The molecule has 0 aliphatic heterocycles. The van der Waals surface area contributed by atoms with Crippen molar-refractivity contribution in [1.29, 1.82) is 0 Å². The number of fused-ring (bicyclic) bond motifs is 1. The lowest BCUT2D eigenvalue weighted by atomic mass is 10.1. The van der Waals surface area contributed by atoms with Gasteiger partial charge in [-0.3, -0.25) is 0 Å². The molecule has 102 valence electrons. The van der Waals surface area contributed by atoms with Crippen LogP contribution in [0.25, 0.3) is 10.9 Å². The summed E-state index contributed by atoms with van der Waals surface area (Å²) in [6.07, 6.45) is 1.98. The highest BCUT2D eigenvalue weighted by Gasteiger charge is 2.07. The van der Waals surface area contributed by atoms with Gasteiger partial charge in [0.15, 0.2) is 0 Å². The van der Waals surface area contributed by atoms with Gasteiger partial charge in [-0.15, -0.1) is 0 Å². The van der Waals surface area contributed by atoms with E-state index in [-0.39, 0.29) is 0 Å². The Morgan fingerprint density at radius 1 is 0.950 bits per heavy atom. The van der Waals surface area contributed by atoms with Crippen LogP contribution in [0.5, 0.6) is 0 Å². The monoisotopic (exact) mass is 265 g/mol. The molecule has 1 aromatic heterocycles. The van der Waals surface area contributed by atoms with Gasteiger partial charge in [0.05, 0.1) is 11.4 Å². The molecule has 0 spiro atoms. The number of nitrogens with one attached hydrogen (secondary N) is 2. The molecule has 0 saturated heterocycles. The fourth-order valence-electron chi connectivity index (χ4n) is 2.53. The highest BCUT2D eigenvalue weighted by Crippen LogP contribution is 2.31. The Kier molecular flexibility index (Phi) is 3.11. The smallest absolute Gasteiger partial charge is 0.0621 e. The van der Waals surface area contributed by atoms with E-state index < -0.39 is 0 Å². The summed E-state index contributed by atoms with van der Waals surface area (Å²) in [6, 6.07) is 14.7. The van der Waals surface area contributed by atoms with Crippen LogP contribution >= 0.6 is 0 Å². The van der Waals surface area contributed by atoms with Gasteiger partial charge in [-0.2, -0.15) is 0 Å². The predicted octanol–water partition coefficient (Wildman–Crippen LogP) is 4.29. The molecule has 0 aliphatic carbocycles. The molecule has 3 heteroatoms. The maximum atomic E-state index is 3.55. The molecule has 0 saturated carbocycles. The van der Waals surface area contributed by atoms with Crippen LogP contribution in [0.1, 0.15) is 5.56 Å². The average Bonchev–Trinajstić information content (AvgIpc) is 2.91. The molecule has 0 radical (unpaired) electrons. The number of hydrogen-bond acceptors (Lipinski definition) is 2. The molecule has 20 heavy (non-hydrogen) atoms. The van der Waals surface area contributed by atoms with Crippen molar-refractivity contribution in [3.05, 3.63) is 54.2 Å². The third-order valence-corrected chi connectivity index (χ3v) is 3.66. The Morgan fingerprint density at radius 3 is 2.55 bits per heavy atom. The first kappa shape index (κ1) is 12.6. The first-order valence-electron chi connectivity index (χ1n) is 6.77. The van der Waals surface area contributed by atoms with E-state index in [1.807, 2.05) is 6.20 Å². The largest absolute Gasteiger partial charge is 0.376 e. The topological polar surface area (TPSA) is 31.1 Å². The van der Waals surface area contributed by atoms with Crippen molar-refractivity contribution in [2.75, 3.05) is 24.3 Å². The average molecular weight is 265 g/mol. The predicted molar refractivity (Wildman–Crippen MR) is 87.1 cm³/mol. The maximum absolute atomic E-state index is 3.55. The first-order chi connectivity index (χ1) is 9.66. The molecule has 3 nitrogen and oxygen atoms in total. The fraction of sp³-hybridized carbons (Fsp3) is 0.176. The van der Waals surface area contributed by atoms with Crippen molar-refractivity contribution in [2.24, 2.45) is 0 Å². The Morgan fingerprint density at radius 2 is 1.75 bits per heavy atom. The second-order valence-electron chi connectivity index (χ2n) is 5.21. The van der Waals surface area contributed by atoms with Crippen molar-refractivity contribution >= 4 is 28.0 Å². The first-order valence-corrected chi connectivity index (χ1v) is 6.77. The highest BCUT2D eigenvalue weighted by atomic mass is 15.1. The van der Waals surface area contributed by atoms with E-state index in [1.54, 1.807) is 0 Å². The molecule has 0 bridgehead atoms. The number of hydrogen-bond donors (Lipinski definition) is 2. The molecule has 0 atom stereocenters. The van der Waals surface area contributed by atoms with Gasteiger partial charge in [0, 0.05) is 36.9 Å². The summed E-state index contributed by atoms with van der Waals surface area (Å²) in [6.45, 7) is 2.15. The zero-order valence-electron chi connectivity index (χ0n) is 12.1. The zero-order chi connectivity index (χ0) is 14.1. The molecule has 0 aliphatic rings. The Hall–Kier alpha value is -2.42. The van der Waals surface area contributed by atoms with Crippen LogP contribution in [0.15, 0.2) is 48.7 Å². The minimum atomic E-state index is 1.12. The summed E-state index contributed by atoms with van der Waals surface area (Å²) in [5.74, 6) is 0. The van der Waals surface area contributed by atoms with E-state index >= 15 is 0 Å². The van der Waals surface area contributed by atoms with Crippen molar-refractivity contribution in [3.8, 4) is 0 Å². The van der Waals surface area contributed by atoms with Crippen molar-refractivity contribution in [2.45, 2.75) is 6.92 Å². The second kappa shape index (κ2) is 4.93. The van der Waals surface area contributed by atoms with Crippen LogP contribution in [-0.2, 0) is 0 Å². The van der Waals surface area contributed by atoms with E-state index in [9.17, 15) is 0 Å². The van der Waals surface area contributed by atoms with Crippen molar-refractivity contribution in [3.63, 3.8) is 0 Å². The molecule has 3 aromatic rings. The summed E-state index contributed by atoms with van der Waals surface area (Å²) in [5, 5.41) is 4.81. The van der Waals surface area contributed by atoms with Gasteiger partial charge in [-0.25, -0.2) is 0 Å². The van der Waals surface area contributed by atoms with Gasteiger partial charge in [-0.1, -0.05) is 12.1 Å². The third kappa shape index (κ3) is 2.11. The van der Waals surface area contributed by atoms with Gasteiger partial charge in [0.25, 0.3) is 0 Å². The molecule has 1 heterocycles. The molecule has 2 aromatic carbocycles. The van der Waals surface area contributed by atoms with Crippen molar-refractivity contribution in [1.82, 2.24) is 4.98 Å². The van der Waals surface area contributed by atoms with Crippen LogP contribution in [0.4, 0.5) is 17.1 Å². The lowest BCUT2D eigenvalue weighted by molar-refractivity contribution is 1.13. The number of para-hydroxylation sites is 2. The van der Waals surface area contributed by atoms with E-state index in [0.717, 1.165) is 11.4 Å². The molecular weight excluding hydrogens is 246 g/mol. The lowest BCUT2D eigenvalue weighted by Gasteiger charge is -2.19. The van der Waals surface area contributed by atoms with E-state index in [2.05, 4.69) is 78.7 Å². The van der Waals surface area contributed by atoms with Gasteiger partial charge < -0.3 is 15.2 Å². The van der Waals surface area contributed by atoms with Gasteiger partial charge in [0.1, 0.15) is 0 Å². The second-order valence-corrected chi connectivity index (χ2v) is 5.21. The Balaban J connectivity index is 2.03. The summed E-state index contributed by atoms with van der Waals surface area (Å²) in [4.78, 5) is 5.36. The lowest BCUT2D eigenvalue weighted by Crippen LogP contribution is -2.10. The van der Waals surface area contributed by atoms with Crippen LogP contribution in [-0.4, -0.2) is 19.1 Å². The van der Waals surface area contributed by atoms with Crippen LogP contribution in [0, 0.1) is 6.92 Å². The molecule has 3 rings (SSSR count). The third-order valence-electron chi connectivity index (χ3n) is 3.66. The molecule has 2 N–H and O–H groups in total. The van der Waals surface area contributed by atoms with E-state index in [4.69, 9.17) is 0 Å². The number of rotatable bonds is 3. The molecular formula is C17H19N3. The SMILES string of the molecule is Cc1c(Nc2ccccc2N(C)C)ccc2[nH]ccc12. The minimum Gasteiger partial charge on any atom is -0.376 e. The number of nitrogens with zero attached hydrogens (tertiary/aromatic N) is 1. The Bertz CT molecular complexity index is 741. The maximum Gasteiger partial charge on any atom is 0.0621 e. The number of aryl methyl sites for hydroxylation is 1. The van der Waals surface area contributed by atoms with Crippen molar-refractivity contribution < 1.29 is 0 Å². The van der Waals surface area contributed by atoms with Gasteiger partial charge >= 0.3 is 0 Å². The number of benzene rings is 2. The molecule has 0 fully saturated rings.